The summed E-state index contributed by atoms with van der Waals surface area (Å²) < 4.78 is 5.46. The Bertz CT molecular complexity index is 630. The molecule has 1 aromatic rings. The van der Waals surface area contributed by atoms with Gasteiger partial charge in [0.1, 0.15) is 5.69 Å². The number of para-hydroxylation sites is 2. The summed E-state index contributed by atoms with van der Waals surface area (Å²) in [7, 11) is 0. The van der Waals surface area contributed by atoms with Crippen LogP contribution in [0.3, 0.4) is 0 Å². The van der Waals surface area contributed by atoms with Crippen molar-refractivity contribution >= 4 is 17.3 Å². The van der Waals surface area contributed by atoms with Crippen LogP contribution in [-0.2, 0) is 9.53 Å². The molecule has 0 aromatic heterocycles. The van der Waals surface area contributed by atoms with E-state index in [2.05, 4.69) is 29.4 Å². The molecular weight excluding hydrogens is 360 g/mol. The Hall–Kier alpha value is -2.19. The summed E-state index contributed by atoms with van der Waals surface area (Å²) in [6.45, 7) is 8.64. The van der Waals surface area contributed by atoms with Gasteiger partial charge >= 0.3 is 0 Å². The number of amides is 1. The first-order valence-corrected chi connectivity index (χ1v) is 10.1. The van der Waals surface area contributed by atoms with Crippen LogP contribution < -0.4 is 10.6 Å². The summed E-state index contributed by atoms with van der Waals surface area (Å²) >= 11 is 0. The predicted molar refractivity (Wildman–Crippen MR) is 109 cm³/mol. The van der Waals surface area contributed by atoms with Crippen molar-refractivity contribution in [1.29, 1.82) is 0 Å². The molecule has 0 bridgehead atoms. The SMILES string of the molecule is CCC(CC)C(CNC(=O)CCNc1ccccc1[N+](=O)[O-])N1CCOCC1. The smallest absolute Gasteiger partial charge is 0.292 e. The Balaban J connectivity index is 1.83. The van der Waals surface area contributed by atoms with Gasteiger partial charge in [0.25, 0.3) is 5.69 Å². The Morgan fingerprint density at radius 3 is 2.57 bits per heavy atom. The van der Waals surface area contributed by atoms with Crippen LogP contribution in [0.4, 0.5) is 11.4 Å². The van der Waals surface area contributed by atoms with Crippen LogP contribution in [0, 0.1) is 16.0 Å². The lowest BCUT2D eigenvalue weighted by molar-refractivity contribution is -0.384. The molecule has 2 N–H and O–H groups in total. The van der Waals surface area contributed by atoms with E-state index >= 15 is 0 Å². The van der Waals surface area contributed by atoms with Crippen molar-refractivity contribution in [1.82, 2.24) is 10.2 Å². The molecule has 156 valence electrons. The lowest BCUT2D eigenvalue weighted by atomic mass is 9.92. The van der Waals surface area contributed by atoms with Gasteiger partial charge in [-0.15, -0.1) is 0 Å². The first-order valence-electron chi connectivity index (χ1n) is 10.1. The van der Waals surface area contributed by atoms with Gasteiger partial charge in [0.2, 0.25) is 5.91 Å². The highest BCUT2D eigenvalue weighted by molar-refractivity contribution is 5.76. The van der Waals surface area contributed by atoms with E-state index < -0.39 is 4.92 Å². The first-order chi connectivity index (χ1) is 13.6. The molecule has 1 heterocycles. The van der Waals surface area contributed by atoms with Gasteiger partial charge in [0.15, 0.2) is 0 Å². The highest BCUT2D eigenvalue weighted by atomic mass is 16.6. The Labute approximate surface area is 166 Å². The van der Waals surface area contributed by atoms with Gasteiger partial charge < -0.3 is 15.4 Å². The molecule has 28 heavy (non-hydrogen) atoms. The minimum absolute atomic E-state index is 0.0176. The number of nitrogens with zero attached hydrogens (tertiary/aromatic N) is 2. The average molecular weight is 393 g/mol. The lowest BCUT2D eigenvalue weighted by Gasteiger charge is -2.38. The van der Waals surface area contributed by atoms with Gasteiger partial charge in [-0.3, -0.25) is 19.8 Å². The Kier molecular flexibility index (Phi) is 9.16. The number of nitro groups is 1. The second kappa shape index (κ2) is 11.6. The minimum atomic E-state index is -0.426. The normalized spacial score (nSPS) is 16.0. The molecule has 1 aromatic carbocycles. The fourth-order valence-corrected chi connectivity index (χ4v) is 3.74. The fraction of sp³-hybridized carbons (Fsp3) is 0.650. The van der Waals surface area contributed by atoms with Crippen molar-refractivity contribution in [3.05, 3.63) is 34.4 Å². The predicted octanol–water partition coefficient (Wildman–Crippen LogP) is 2.65. The lowest BCUT2D eigenvalue weighted by Crippen LogP contribution is -2.52. The maximum Gasteiger partial charge on any atom is 0.292 e. The highest BCUT2D eigenvalue weighted by Gasteiger charge is 2.27. The van der Waals surface area contributed by atoms with E-state index in [9.17, 15) is 14.9 Å². The van der Waals surface area contributed by atoms with Gasteiger partial charge in [-0.25, -0.2) is 0 Å². The third kappa shape index (κ3) is 6.45. The quantitative estimate of drug-likeness (QED) is 0.444. The van der Waals surface area contributed by atoms with Gasteiger partial charge in [0.05, 0.1) is 18.1 Å². The van der Waals surface area contributed by atoms with Gasteiger partial charge in [-0.2, -0.15) is 0 Å². The summed E-state index contributed by atoms with van der Waals surface area (Å²) in [5.41, 5.74) is 0.451. The Morgan fingerprint density at radius 1 is 1.25 bits per heavy atom. The van der Waals surface area contributed by atoms with Crippen molar-refractivity contribution < 1.29 is 14.5 Å². The molecule has 0 spiro atoms. The average Bonchev–Trinajstić information content (AvgIpc) is 2.72. The third-order valence-electron chi connectivity index (χ3n) is 5.38. The number of nitro benzene ring substituents is 1. The van der Waals surface area contributed by atoms with E-state index in [1.807, 2.05) is 0 Å². The zero-order valence-electron chi connectivity index (χ0n) is 16.9. The van der Waals surface area contributed by atoms with Crippen molar-refractivity contribution in [3.63, 3.8) is 0 Å². The molecule has 1 aliphatic rings. The topological polar surface area (TPSA) is 96.7 Å². The number of carbonyl (C=O) groups is 1. The number of rotatable bonds is 11. The van der Waals surface area contributed by atoms with Crippen LogP contribution in [-0.4, -0.2) is 61.2 Å². The van der Waals surface area contributed by atoms with Gasteiger partial charge in [-0.1, -0.05) is 38.8 Å². The van der Waals surface area contributed by atoms with Crippen LogP contribution in [0.2, 0.25) is 0 Å². The van der Waals surface area contributed by atoms with Crippen molar-refractivity contribution in [3.8, 4) is 0 Å². The molecule has 1 saturated heterocycles. The fourth-order valence-electron chi connectivity index (χ4n) is 3.74. The number of carbonyl (C=O) groups excluding carboxylic acids is 1. The van der Waals surface area contributed by atoms with Crippen LogP contribution in [0.5, 0.6) is 0 Å². The van der Waals surface area contributed by atoms with Crippen LogP contribution in [0.1, 0.15) is 33.1 Å². The molecule has 1 atom stereocenters. The zero-order chi connectivity index (χ0) is 20.4. The molecule has 2 rings (SSSR count). The maximum absolute atomic E-state index is 12.3. The van der Waals surface area contributed by atoms with Crippen molar-refractivity contribution in [2.75, 3.05) is 44.7 Å². The van der Waals surface area contributed by atoms with Crippen LogP contribution >= 0.6 is 0 Å². The molecule has 8 heteroatoms. The van der Waals surface area contributed by atoms with E-state index in [1.165, 1.54) is 6.07 Å². The second-order valence-corrected chi connectivity index (χ2v) is 7.05. The van der Waals surface area contributed by atoms with E-state index in [1.54, 1.807) is 18.2 Å². The number of hydrogen-bond acceptors (Lipinski definition) is 6. The molecule has 1 aliphatic heterocycles. The standard InChI is InChI=1S/C20H32N4O4/c1-3-16(4-2)19(23-11-13-28-14-12-23)15-22-20(25)9-10-21-17-7-5-6-8-18(17)24(26)27/h5-8,16,19,21H,3-4,9-15H2,1-2H3,(H,22,25). The summed E-state index contributed by atoms with van der Waals surface area (Å²) in [6, 6.07) is 6.77. The van der Waals surface area contributed by atoms with E-state index in [-0.39, 0.29) is 18.0 Å². The van der Waals surface area contributed by atoms with E-state index in [0.29, 0.717) is 30.7 Å². The summed E-state index contributed by atoms with van der Waals surface area (Å²) in [5, 5.41) is 17.1. The summed E-state index contributed by atoms with van der Waals surface area (Å²) in [5.74, 6) is 0.485. The highest BCUT2D eigenvalue weighted by Crippen LogP contribution is 2.23. The molecular formula is C20H32N4O4. The van der Waals surface area contributed by atoms with Crippen molar-refractivity contribution in [2.24, 2.45) is 5.92 Å². The number of nitrogens with one attached hydrogen (secondary N) is 2. The molecule has 8 nitrogen and oxygen atoms in total. The molecule has 0 aliphatic carbocycles. The number of morpholine rings is 1. The minimum Gasteiger partial charge on any atom is -0.379 e. The van der Waals surface area contributed by atoms with Gasteiger partial charge in [0, 0.05) is 44.7 Å². The summed E-state index contributed by atoms with van der Waals surface area (Å²) in [6.07, 6.45) is 2.42. The number of benzene rings is 1. The molecule has 1 fully saturated rings. The van der Waals surface area contributed by atoms with Crippen LogP contribution in [0.15, 0.2) is 24.3 Å². The monoisotopic (exact) mass is 392 g/mol. The van der Waals surface area contributed by atoms with Crippen LogP contribution in [0.25, 0.3) is 0 Å². The summed E-state index contributed by atoms with van der Waals surface area (Å²) in [4.78, 5) is 25.3. The zero-order valence-corrected chi connectivity index (χ0v) is 16.9. The Morgan fingerprint density at radius 2 is 1.93 bits per heavy atom. The first kappa shape index (κ1) is 22.1. The van der Waals surface area contributed by atoms with E-state index in [0.717, 1.165) is 39.1 Å². The van der Waals surface area contributed by atoms with Gasteiger partial charge in [-0.05, 0) is 12.0 Å². The molecule has 1 amide bonds. The number of ether oxygens (including phenoxy) is 1. The number of anilines is 1. The largest absolute Gasteiger partial charge is 0.379 e. The molecule has 0 saturated carbocycles. The third-order valence-corrected chi connectivity index (χ3v) is 5.38. The number of hydrogen-bond donors (Lipinski definition) is 2. The molecule has 1 unspecified atom stereocenters. The van der Waals surface area contributed by atoms with E-state index in [4.69, 9.17) is 4.74 Å². The maximum atomic E-state index is 12.3. The molecule has 0 radical (unpaired) electrons. The second-order valence-electron chi connectivity index (χ2n) is 7.05. The van der Waals surface area contributed by atoms with Crippen molar-refractivity contribution in [2.45, 2.75) is 39.2 Å².